The molecule has 110 valence electrons. The molecular formula is C13H18BrN3O3. The van der Waals surface area contributed by atoms with Crippen LogP contribution >= 0.6 is 15.9 Å². The van der Waals surface area contributed by atoms with Gasteiger partial charge in [-0.2, -0.15) is 0 Å². The number of piperidine rings is 1. The topological polar surface area (TPSA) is 65.4 Å². The molecule has 3 rings (SSSR count). The van der Waals surface area contributed by atoms with E-state index >= 15 is 0 Å². The number of hydrogen-bond donors (Lipinski definition) is 1. The number of carbonyl (C=O) groups excluding carboxylic acids is 1. The van der Waals surface area contributed by atoms with Gasteiger partial charge in [-0.1, -0.05) is 0 Å². The lowest BCUT2D eigenvalue weighted by atomic mass is 9.92. The van der Waals surface area contributed by atoms with Crippen molar-refractivity contribution in [2.45, 2.75) is 24.5 Å². The monoisotopic (exact) mass is 343 g/mol. The van der Waals surface area contributed by atoms with Crippen LogP contribution in [-0.4, -0.2) is 41.8 Å². The number of nitrogens with one attached hydrogen (secondary N) is 1. The summed E-state index contributed by atoms with van der Waals surface area (Å²) >= 11 is 3.40. The summed E-state index contributed by atoms with van der Waals surface area (Å²) in [6.07, 6.45) is 3.86. The fourth-order valence-electron chi connectivity index (χ4n) is 3.43. The quantitative estimate of drug-likeness (QED) is 0.824. The number of ether oxygens (including phenoxy) is 2. The van der Waals surface area contributed by atoms with E-state index < -0.39 is 5.60 Å². The summed E-state index contributed by atoms with van der Waals surface area (Å²) in [7, 11) is 3.32. The molecule has 0 radical (unpaired) electrons. The highest BCUT2D eigenvalue weighted by Crippen LogP contribution is 2.48. The number of aryl methyl sites for hydroxylation is 1. The number of methoxy groups -OCH3 is 1. The summed E-state index contributed by atoms with van der Waals surface area (Å²) < 4.78 is 13.4. The number of rotatable bonds is 4. The number of nitrogens with zero attached hydrogens (tertiary/aromatic N) is 2. The van der Waals surface area contributed by atoms with E-state index in [1.54, 1.807) is 0 Å². The lowest BCUT2D eigenvalue weighted by molar-refractivity contribution is -0.157. The lowest BCUT2D eigenvalue weighted by Gasteiger charge is -2.37. The minimum atomic E-state index is -0.544. The number of aromatic nitrogens is 2. The van der Waals surface area contributed by atoms with Crippen LogP contribution in [-0.2, 0) is 26.9 Å². The zero-order valence-electron chi connectivity index (χ0n) is 11.6. The average molecular weight is 344 g/mol. The molecule has 6 nitrogen and oxygen atoms in total. The van der Waals surface area contributed by atoms with Crippen LogP contribution in [0.15, 0.2) is 10.8 Å². The number of hydrogen-bond acceptors (Lipinski definition) is 5. The standard InChI is InChI=1S/C13H18BrN3O3/c1-17-6-10(14)16-12(17)13(20-7-11(18)19-2)4-8-3-9(13)15-5-8/h6,8-9,15H,3-5,7H2,1-2H3. The van der Waals surface area contributed by atoms with E-state index in [2.05, 4.69) is 31.0 Å². The van der Waals surface area contributed by atoms with Gasteiger partial charge in [-0.25, -0.2) is 9.78 Å². The van der Waals surface area contributed by atoms with Crippen molar-refractivity contribution in [1.29, 1.82) is 0 Å². The zero-order valence-corrected chi connectivity index (χ0v) is 13.1. The molecule has 2 fully saturated rings. The van der Waals surface area contributed by atoms with Crippen LogP contribution < -0.4 is 5.32 Å². The van der Waals surface area contributed by atoms with E-state index in [9.17, 15) is 4.79 Å². The first kappa shape index (κ1) is 14.0. The van der Waals surface area contributed by atoms with Crippen molar-refractivity contribution < 1.29 is 14.3 Å². The number of imidazole rings is 1. The predicted octanol–water partition coefficient (Wildman–Crippen LogP) is 0.949. The molecule has 3 atom stereocenters. The van der Waals surface area contributed by atoms with Crippen molar-refractivity contribution in [3.8, 4) is 0 Å². The fourth-order valence-corrected chi connectivity index (χ4v) is 3.91. The molecule has 0 spiro atoms. The highest BCUT2D eigenvalue weighted by atomic mass is 79.9. The number of halogens is 1. The van der Waals surface area contributed by atoms with E-state index in [0.29, 0.717) is 5.92 Å². The molecule has 1 aliphatic heterocycles. The molecule has 2 aliphatic rings. The van der Waals surface area contributed by atoms with Gasteiger partial charge in [0.1, 0.15) is 22.6 Å². The predicted molar refractivity (Wildman–Crippen MR) is 75.1 cm³/mol. The maximum Gasteiger partial charge on any atom is 0.331 e. The molecule has 0 aromatic carbocycles. The van der Waals surface area contributed by atoms with Crippen molar-refractivity contribution >= 4 is 21.9 Å². The van der Waals surface area contributed by atoms with Crippen LogP contribution in [0.3, 0.4) is 0 Å². The Morgan fingerprint density at radius 1 is 1.70 bits per heavy atom. The molecular weight excluding hydrogens is 326 g/mol. The summed E-state index contributed by atoms with van der Waals surface area (Å²) in [5, 5.41) is 3.48. The first-order chi connectivity index (χ1) is 9.55. The fraction of sp³-hybridized carbons (Fsp3) is 0.692. The summed E-state index contributed by atoms with van der Waals surface area (Å²) in [6, 6.07) is 0.199. The highest BCUT2D eigenvalue weighted by Gasteiger charge is 2.55. The molecule has 1 saturated carbocycles. The molecule has 3 unspecified atom stereocenters. The Balaban J connectivity index is 1.92. The van der Waals surface area contributed by atoms with Crippen LogP contribution in [0, 0.1) is 5.92 Å². The summed E-state index contributed by atoms with van der Waals surface area (Å²) in [4.78, 5) is 16.0. The minimum absolute atomic E-state index is 0.0497. The molecule has 1 aliphatic carbocycles. The third kappa shape index (κ3) is 2.17. The van der Waals surface area contributed by atoms with Gasteiger partial charge in [-0.3, -0.25) is 0 Å². The molecule has 1 aromatic rings. The second-order valence-electron chi connectivity index (χ2n) is 5.52. The van der Waals surface area contributed by atoms with Crippen molar-refractivity contribution in [3.63, 3.8) is 0 Å². The molecule has 7 heteroatoms. The van der Waals surface area contributed by atoms with Crippen LogP contribution in [0.25, 0.3) is 0 Å². The van der Waals surface area contributed by atoms with Crippen molar-refractivity contribution in [3.05, 3.63) is 16.6 Å². The zero-order chi connectivity index (χ0) is 14.3. The van der Waals surface area contributed by atoms with E-state index in [1.807, 2.05) is 17.8 Å². The first-order valence-corrected chi connectivity index (χ1v) is 7.48. The molecule has 1 aromatic heterocycles. The average Bonchev–Trinajstić information content (AvgIpc) is 3.10. The van der Waals surface area contributed by atoms with Crippen molar-refractivity contribution in [1.82, 2.24) is 14.9 Å². The first-order valence-electron chi connectivity index (χ1n) is 6.68. The molecule has 20 heavy (non-hydrogen) atoms. The number of fused-ring (bicyclic) bond motifs is 2. The number of esters is 1. The second kappa shape index (κ2) is 5.13. The summed E-state index contributed by atoms with van der Waals surface area (Å²) in [6.45, 7) is 0.964. The Bertz CT molecular complexity index is 533. The van der Waals surface area contributed by atoms with E-state index in [0.717, 1.165) is 29.8 Å². The van der Waals surface area contributed by atoms with Crippen LogP contribution in [0.5, 0.6) is 0 Å². The maximum atomic E-state index is 11.4. The van der Waals surface area contributed by atoms with Gasteiger partial charge in [0.15, 0.2) is 0 Å². The largest absolute Gasteiger partial charge is 0.467 e. The van der Waals surface area contributed by atoms with Gasteiger partial charge >= 0.3 is 5.97 Å². The Labute approximate surface area is 126 Å². The Morgan fingerprint density at radius 2 is 2.50 bits per heavy atom. The normalized spacial score (nSPS) is 31.8. The van der Waals surface area contributed by atoms with Crippen molar-refractivity contribution in [2.24, 2.45) is 13.0 Å². The van der Waals surface area contributed by atoms with Gasteiger partial charge in [0.2, 0.25) is 0 Å². The van der Waals surface area contributed by atoms with Gasteiger partial charge in [-0.05, 0) is 41.2 Å². The Morgan fingerprint density at radius 3 is 3.00 bits per heavy atom. The van der Waals surface area contributed by atoms with Crippen LogP contribution in [0.4, 0.5) is 0 Å². The molecule has 0 amide bonds. The highest BCUT2D eigenvalue weighted by molar-refractivity contribution is 9.10. The molecule has 1 N–H and O–H groups in total. The third-order valence-corrected chi connectivity index (χ3v) is 4.66. The van der Waals surface area contributed by atoms with Gasteiger partial charge < -0.3 is 19.4 Å². The smallest absolute Gasteiger partial charge is 0.331 e. The van der Waals surface area contributed by atoms with E-state index in [1.165, 1.54) is 7.11 Å². The molecule has 2 heterocycles. The maximum absolute atomic E-state index is 11.4. The SMILES string of the molecule is COC(=O)COC1(c2nc(Br)cn2C)CC2CNC1C2. The van der Waals surface area contributed by atoms with Crippen molar-refractivity contribution in [2.75, 3.05) is 20.3 Å². The number of carbonyl (C=O) groups is 1. The van der Waals surface area contributed by atoms with Gasteiger partial charge in [-0.15, -0.1) is 0 Å². The van der Waals surface area contributed by atoms with Gasteiger partial charge in [0.25, 0.3) is 0 Å². The van der Waals surface area contributed by atoms with E-state index in [-0.39, 0.29) is 18.6 Å². The second-order valence-corrected chi connectivity index (χ2v) is 6.33. The van der Waals surface area contributed by atoms with E-state index in [4.69, 9.17) is 4.74 Å². The van der Waals surface area contributed by atoms with Crippen LogP contribution in [0.2, 0.25) is 0 Å². The van der Waals surface area contributed by atoms with Gasteiger partial charge in [0, 0.05) is 19.3 Å². The third-order valence-electron chi connectivity index (χ3n) is 4.28. The summed E-state index contributed by atoms with van der Waals surface area (Å²) in [5.41, 5.74) is -0.544. The lowest BCUT2D eigenvalue weighted by Crippen LogP contribution is -2.50. The summed E-state index contributed by atoms with van der Waals surface area (Å²) in [5.74, 6) is 1.07. The van der Waals surface area contributed by atoms with Crippen LogP contribution in [0.1, 0.15) is 18.7 Å². The Kier molecular flexibility index (Phi) is 3.60. The minimum Gasteiger partial charge on any atom is -0.467 e. The molecule has 1 saturated heterocycles. The van der Waals surface area contributed by atoms with Gasteiger partial charge in [0.05, 0.1) is 7.11 Å². The molecule has 2 bridgehead atoms. The Hall–Kier alpha value is -0.920.